The van der Waals surface area contributed by atoms with Gasteiger partial charge in [0.25, 0.3) is 5.91 Å². The lowest BCUT2D eigenvalue weighted by Gasteiger charge is -2.27. The summed E-state index contributed by atoms with van der Waals surface area (Å²) in [4.78, 5) is 12.4. The molecule has 1 aromatic rings. The summed E-state index contributed by atoms with van der Waals surface area (Å²) < 4.78 is 34.3. The van der Waals surface area contributed by atoms with Crippen molar-refractivity contribution < 1.29 is 17.9 Å². The summed E-state index contributed by atoms with van der Waals surface area (Å²) in [7, 11) is -1.12. The molecular weight excluding hydrogens is 330 g/mol. The number of nitrogens with zero attached hydrogens (tertiary/aromatic N) is 2. The number of hydrogen-bond donors (Lipinski definition) is 1. The molecule has 0 saturated carbocycles. The molecule has 0 spiro atoms. The number of allylic oxidation sites excluding steroid dienone is 1. The molecule has 0 radical (unpaired) electrons. The van der Waals surface area contributed by atoms with E-state index in [1.807, 2.05) is 20.8 Å². The molecule has 0 unspecified atom stereocenters. The van der Waals surface area contributed by atoms with Crippen molar-refractivity contribution in [3.05, 3.63) is 41.6 Å². The Morgan fingerprint density at radius 2 is 1.79 bits per heavy atom. The summed E-state index contributed by atoms with van der Waals surface area (Å²) >= 11 is 0. The minimum atomic E-state index is -3.96. The van der Waals surface area contributed by atoms with Gasteiger partial charge in [-0.25, -0.2) is 4.31 Å². The predicted octanol–water partition coefficient (Wildman–Crippen LogP) is 1.47. The molecule has 0 bridgehead atoms. The lowest BCUT2D eigenvalue weighted by Crippen LogP contribution is -2.45. The summed E-state index contributed by atoms with van der Waals surface area (Å²) in [5, 5.41) is 2.76. The van der Waals surface area contributed by atoms with Crippen molar-refractivity contribution >= 4 is 21.8 Å². The van der Waals surface area contributed by atoms with E-state index in [1.54, 1.807) is 31.4 Å². The highest BCUT2D eigenvalue weighted by Crippen LogP contribution is 2.21. The zero-order valence-corrected chi connectivity index (χ0v) is 15.1. The van der Waals surface area contributed by atoms with Gasteiger partial charge in [0, 0.05) is 18.2 Å². The Morgan fingerprint density at radius 3 is 2.29 bits per heavy atom. The molecule has 0 fully saturated rings. The fourth-order valence-corrected chi connectivity index (χ4v) is 2.98. The number of carbonyl (C=O) groups is 1. The summed E-state index contributed by atoms with van der Waals surface area (Å²) in [5.41, 5.74) is 0.311. The van der Waals surface area contributed by atoms with Gasteiger partial charge in [-0.2, -0.15) is 8.42 Å². The number of amides is 1. The maximum Gasteiger partial charge on any atom is 0.345 e. The molecule has 1 amide bonds. The van der Waals surface area contributed by atoms with Crippen LogP contribution in [0.2, 0.25) is 0 Å². The minimum absolute atomic E-state index is 0.0192. The average Bonchev–Trinajstić information content (AvgIpc) is 2.48. The van der Waals surface area contributed by atoms with E-state index >= 15 is 0 Å². The van der Waals surface area contributed by atoms with Crippen LogP contribution >= 0.6 is 0 Å². The van der Waals surface area contributed by atoms with E-state index in [2.05, 4.69) is 9.71 Å². The van der Waals surface area contributed by atoms with Crippen LogP contribution in [-0.4, -0.2) is 44.0 Å². The van der Waals surface area contributed by atoms with Crippen LogP contribution < -0.4 is 10.1 Å². The van der Waals surface area contributed by atoms with Crippen molar-refractivity contribution in [2.24, 2.45) is 4.40 Å². The molecule has 2 rings (SSSR count). The van der Waals surface area contributed by atoms with Gasteiger partial charge in [0.2, 0.25) is 0 Å². The van der Waals surface area contributed by atoms with E-state index in [9.17, 15) is 13.2 Å². The van der Waals surface area contributed by atoms with E-state index < -0.39 is 21.7 Å². The average molecular weight is 351 g/mol. The smallest absolute Gasteiger partial charge is 0.345 e. The number of rotatable bonds is 3. The molecule has 1 aliphatic rings. The zero-order valence-electron chi connectivity index (χ0n) is 14.3. The van der Waals surface area contributed by atoms with Crippen molar-refractivity contribution in [1.82, 2.24) is 9.62 Å². The largest absolute Gasteiger partial charge is 0.497 e. The number of methoxy groups -OCH3 is 1. The standard InChI is InChI=1S/C16H21N3O4S/c1-16(2,3)17-15(20)14-10-13(18-24(21,22)19(14)4)11-6-8-12(23-5)9-7-11/h6-10H,1-5H3,(H,17,20). The normalized spacial score (nSPS) is 17.0. The third kappa shape index (κ3) is 3.94. The Balaban J connectivity index is 2.45. The summed E-state index contributed by atoms with van der Waals surface area (Å²) in [6.07, 6.45) is 1.46. The fraction of sp³-hybridized carbons (Fsp3) is 0.375. The van der Waals surface area contributed by atoms with Gasteiger partial charge < -0.3 is 10.1 Å². The molecule has 1 aliphatic heterocycles. The fourth-order valence-electron chi connectivity index (χ4n) is 2.07. The molecule has 0 saturated heterocycles. The first kappa shape index (κ1) is 18.0. The van der Waals surface area contributed by atoms with E-state index in [1.165, 1.54) is 13.1 Å². The van der Waals surface area contributed by atoms with Gasteiger partial charge in [-0.05, 0) is 51.1 Å². The number of hydrogen-bond acceptors (Lipinski definition) is 4. The molecule has 130 valence electrons. The van der Waals surface area contributed by atoms with E-state index in [-0.39, 0.29) is 11.4 Å². The maximum absolute atomic E-state index is 12.4. The molecule has 1 heterocycles. The zero-order chi connectivity index (χ0) is 18.1. The molecule has 0 atom stereocenters. The summed E-state index contributed by atoms with van der Waals surface area (Å²) in [6, 6.07) is 6.78. The third-order valence-corrected chi connectivity index (χ3v) is 4.60. The van der Waals surface area contributed by atoms with Crippen LogP contribution in [0.25, 0.3) is 0 Å². The Kier molecular flexibility index (Phi) is 4.70. The Bertz CT molecular complexity index is 803. The number of likely N-dealkylation sites (N-methyl/N-ethyl adjacent to an activating group) is 1. The first-order valence-electron chi connectivity index (χ1n) is 7.31. The summed E-state index contributed by atoms with van der Waals surface area (Å²) in [5.74, 6) is 0.166. The first-order chi connectivity index (χ1) is 11.0. The topological polar surface area (TPSA) is 88.1 Å². The van der Waals surface area contributed by atoms with Gasteiger partial charge in [0.15, 0.2) is 0 Å². The molecule has 1 aromatic carbocycles. The molecular formula is C16H21N3O4S. The molecule has 0 aliphatic carbocycles. The van der Waals surface area contributed by atoms with Crippen molar-refractivity contribution in [1.29, 1.82) is 0 Å². The lowest BCUT2D eigenvalue weighted by molar-refractivity contribution is -0.119. The van der Waals surface area contributed by atoms with E-state index in [4.69, 9.17) is 4.74 Å². The first-order valence-corrected chi connectivity index (χ1v) is 8.71. The van der Waals surface area contributed by atoms with Gasteiger partial charge in [0.1, 0.15) is 11.4 Å². The Labute approximate surface area is 142 Å². The summed E-state index contributed by atoms with van der Waals surface area (Å²) in [6.45, 7) is 5.46. The van der Waals surface area contributed by atoms with Crippen molar-refractivity contribution in [3.63, 3.8) is 0 Å². The van der Waals surface area contributed by atoms with Gasteiger partial charge in [0.05, 0.1) is 12.8 Å². The SMILES string of the molecule is COc1ccc(C2=NS(=O)(=O)N(C)C(C(=O)NC(C)(C)C)=C2)cc1. The highest BCUT2D eigenvalue weighted by molar-refractivity contribution is 7.88. The van der Waals surface area contributed by atoms with Crippen LogP contribution in [-0.2, 0) is 15.0 Å². The Morgan fingerprint density at radius 1 is 1.21 bits per heavy atom. The number of benzene rings is 1. The number of nitrogens with one attached hydrogen (secondary N) is 1. The lowest BCUT2D eigenvalue weighted by atomic mass is 10.1. The van der Waals surface area contributed by atoms with Gasteiger partial charge >= 0.3 is 10.2 Å². The monoisotopic (exact) mass is 351 g/mol. The molecule has 0 aromatic heterocycles. The second-order valence-electron chi connectivity index (χ2n) is 6.38. The van der Waals surface area contributed by atoms with Gasteiger partial charge in [-0.3, -0.25) is 4.79 Å². The number of ether oxygens (including phenoxy) is 1. The second kappa shape index (κ2) is 6.27. The van der Waals surface area contributed by atoms with Crippen LogP contribution in [0, 0.1) is 0 Å². The van der Waals surface area contributed by atoms with Crippen LogP contribution in [0.4, 0.5) is 0 Å². The van der Waals surface area contributed by atoms with Crippen molar-refractivity contribution in [2.75, 3.05) is 14.2 Å². The van der Waals surface area contributed by atoms with Crippen molar-refractivity contribution in [2.45, 2.75) is 26.3 Å². The molecule has 7 nitrogen and oxygen atoms in total. The Hall–Kier alpha value is -2.35. The highest BCUT2D eigenvalue weighted by atomic mass is 32.2. The third-order valence-electron chi connectivity index (χ3n) is 3.28. The van der Waals surface area contributed by atoms with E-state index in [0.29, 0.717) is 11.3 Å². The maximum atomic E-state index is 12.4. The molecule has 1 N–H and O–H groups in total. The molecule has 8 heteroatoms. The van der Waals surface area contributed by atoms with E-state index in [0.717, 1.165) is 4.31 Å². The van der Waals surface area contributed by atoms with Crippen molar-refractivity contribution in [3.8, 4) is 5.75 Å². The second-order valence-corrected chi connectivity index (χ2v) is 8.01. The highest BCUT2D eigenvalue weighted by Gasteiger charge is 2.31. The van der Waals surface area contributed by atoms with Crippen LogP contribution in [0.15, 0.2) is 40.4 Å². The predicted molar refractivity (Wildman–Crippen MR) is 92.2 cm³/mol. The van der Waals surface area contributed by atoms with Gasteiger partial charge in [-0.15, -0.1) is 4.40 Å². The minimum Gasteiger partial charge on any atom is -0.497 e. The van der Waals surface area contributed by atoms with Crippen LogP contribution in [0.3, 0.4) is 0 Å². The van der Waals surface area contributed by atoms with Crippen LogP contribution in [0.1, 0.15) is 26.3 Å². The quantitative estimate of drug-likeness (QED) is 0.893. The van der Waals surface area contributed by atoms with Gasteiger partial charge in [-0.1, -0.05) is 0 Å². The molecule has 24 heavy (non-hydrogen) atoms. The van der Waals surface area contributed by atoms with Crippen LogP contribution in [0.5, 0.6) is 5.75 Å². The number of carbonyl (C=O) groups excluding carboxylic acids is 1.